The highest BCUT2D eigenvalue weighted by atomic mass is 31.1. The summed E-state index contributed by atoms with van der Waals surface area (Å²) in [5.41, 5.74) is -2.14. The molecule has 15 heteroatoms. The Morgan fingerprint density at radius 1 is 0.771 bits per heavy atom. The number of ether oxygens (including phenoxy) is 2. The average Bonchev–Trinajstić information content (AvgIpc) is 2.97. The minimum atomic E-state index is -1.30. The molecule has 4 atom stereocenters. The lowest BCUT2D eigenvalue weighted by atomic mass is 9.82. The molecular weight excluding hydrogens is 643 g/mol. The molecular formula is C33H61N4O10P. The molecule has 0 rings (SSSR count). The molecule has 0 bridgehead atoms. The van der Waals surface area contributed by atoms with Crippen molar-refractivity contribution in [1.29, 1.82) is 0 Å². The van der Waals surface area contributed by atoms with Gasteiger partial charge in [-0.1, -0.05) is 29.4 Å². The van der Waals surface area contributed by atoms with Crippen molar-refractivity contribution in [3.05, 3.63) is 0 Å². The predicted molar refractivity (Wildman–Crippen MR) is 185 cm³/mol. The summed E-state index contributed by atoms with van der Waals surface area (Å²) in [4.78, 5) is 72.1. The van der Waals surface area contributed by atoms with Gasteiger partial charge in [-0.2, -0.15) is 0 Å². The van der Waals surface area contributed by atoms with Crippen LogP contribution in [-0.2, 0) is 38.2 Å². The second kappa shape index (κ2) is 22.1. The van der Waals surface area contributed by atoms with E-state index in [1.54, 1.807) is 20.9 Å². The van der Waals surface area contributed by atoms with Gasteiger partial charge in [0.15, 0.2) is 5.52 Å². The van der Waals surface area contributed by atoms with Gasteiger partial charge in [-0.05, 0) is 79.9 Å². The Balaban J connectivity index is 4.41. The Labute approximate surface area is 287 Å². The number of carbonyl (C=O) groups excluding carboxylic acids is 4. The molecule has 14 nitrogen and oxygen atoms in total. The molecule has 0 saturated heterocycles. The van der Waals surface area contributed by atoms with E-state index in [1.807, 2.05) is 34.4 Å². The molecule has 0 heterocycles. The van der Waals surface area contributed by atoms with E-state index in [2.05, 4.69) is 21.3 Å². The summed E-state index contributed by atoms with van der Waals surface area (Å²) in [6.45, 7) is 15.2. The van der Waals surface area contributed by atoms with Gasteiger partial charge in [-0.3, -0.25) is 24.0 Å². The van der Waals surface area contributed by atoms with Crippen molar-refractivity contribution >= 4 is 43.8 Å². The molecule has 0 saturated carbocycles. The summed E-state index contributed by atoms with van der Waals surface area (Å²) in [5, 5.41) is 29.7. The maximum atomic E-state index is 12.7. The smallest absolute Gasteiger partial charge is 0.326 e. The molecule has 0 aliphatic rings. The predicted octanol–water partition coefficient (Wildman–Crippen LogP) is 2.67. The standard InChI is InChI=1S/C33H61N4O10P/c1-22(27(40)41)20-31(2,3)30(45)37-23(28(42)43)13-14-25(38)36-17-19-47-32(4,5)15-18-46-33(6,7)21-26(39)35-16-11-10-12-24(34-8)29(44)48-9/h22-24,34,48H,10-21H2,1-9H3,(H,35,39)(H,36,38)(H,37,45)(H,40,41)(H,42,43)/t22?,23-,24-/m0/s1. The van der Waals surface area contributed by atoms with Crippen LogP contribution in [0.5, 0.6) is 0 Å². The molecule has 3 amide bonds. The van der Waals surface area contributed by atoms with Crippen molar-refractivity contribution in [2.45, 2.75) is 123 Å². The highest BCUT2D eigenvalue weighted by Crippen LogP contribution is 2.26. The Bertz CT molecular complexity index is 1070. The minimum absolute atomic E-state index is 0.0299. The lowest BCUT2D eigenvalue weighted by Gasteiger charge is -2.29. The topological polar surface area (TPSA) is 209 Å². The number of aliphatic carboxylic acids is 2. The highest BCUT2D eigenvalue weighted by molar-refractivity contribution is 7.57. The molecule has 2 unspecified atom stereocenters. The fourth-order valence-corrected chi connectivity index (χ4v) is 5.50. The molecule has 278 valence electrons. The SMILES string of the molecule is CN[C@@H](CCCCNC(=O)CC(C)(C)OCCC(C)(C)OCCNC(=O)CC[C@H](NC(=O)C(C)(C)CC(C)C(=O)O)C(=O)O)C(=O)PC. The Morgan fingerprint density at radius 3 is 1.94 bits per heavy atom. The minimum Gasteiger partial charge on any atom is -0.481 e. The summed E-state index contributed by atoms with van der Waals surface area (Å²) in [7, 11) is 2.05. The molecule has 0 radical (unpaired) electrons. The van der Waals surface area contributed by atoms with Gasteiger partial charge in [-0.15, -0.1) is 0 Å². The molecule has 0 aliphatic carbocycles. The Kier molecular flexibility index (Phi) is 20.9. The summed E-state index contributed by atoms with van der Waals surface area (Å²) in [6.07, 6.45) is 2.86. The number of hydrogen-bond donors (Lipinski definition) is 6. The van der Waals surface area contributed by atoms with Gasteiger partial charge < -0.3 is 41.0 Å². The quantitative estimate of drug-likeness (QED) is 0.0541. The van der Waals surface area contributed by atoms with Crippen LogP contribution in [-0.4, -0.2) is 109 Å². The second-order valence-corrected chi connectivity index (χ2v) is 15.0. The molecule has 0 aromatic heterocycles. The summed E-state index contributed by atoms with van der Waals surface area (Å²) in [6, 6.07) is -1.43. The molecule has 0 aromatic rings. The Hall–Kier alpha value is -2.67. The van der Waals surface area contributed by atoms with E-state index in [-0.39, 0.29) is 64.9 Å². The monoisotopic (exact) mass is 704 g/mol. The molecule has 6 N–H and O–H groups in total. The van der Waals surface area contributed by atoms with Crippen molar-refractivity contribution in [1.82, 2.24) is 21.3 Å². The summed E-state index contributed by atoms with van der Waals surface area (Å²) in [5.74, 6) is -4.21. The van der Waals surface area contributed by atoms with Crippen LogP contribution in [0.4, 0.5) is 0 Å². The summed E-state index contributed by atoms with van der Waals surface area (Å²) >= 11 is 0. The van der Waals surface area contributed by atoms with Gasteiger partial charge in [0.05, 0.1) is 42.8 Å². The summed E-state index contributed by atoms with van der Waals surface area (Å²) < 4.78 is 11.9. The number of carbonyl (C=O) groups is 6. The molecule has 0 aromatic carbocycles. The van der Waals surface area contributed by atoms with Crippen LogP contribution in [0, 0.1) is 11.3 Å². The van der Waals surface area contributed by atoms with Crippen LogP contribution in [0.1, 0.15) is 99.8 Å². The number of carboxylic acids is 2. The van der Waals surface area contributed by atoms with Crippen LogP contribution in [0.15, 0.2) is 0 Å². The molecule has 48 heavy (non-hydrogen) atoms. The normalized spacial score (nSPS) is 14.3. The number of amides is 3. The van der Waals surface area contributed by atoms with Crippen molar-refractivity contribution in [3.8, 4) is 0 Å². The van der Waals surface area contributed by atoms with Crippen molar-refractivity contribution in [2.75, 3.05) is 40.0 Å². The lowest BCUT2D eigenvalue weighted by Crippen LogP contribution is -2.47. The van der Waals surface area contributed by atoms with Crippen LogP contribution < -0.4 is 21.3 Å². The van der Waals surface area contributed by atoms with Crippen molar-refractivity contribution in [2.24, 2.45) is 11.3 Å². The third-order valence-corrected chi connectivity index (χ3v) is 8.81. The van der Waals surface area contributed by atoms with Crippen LogP contribution in [0.2, 0.25) is 0 Å². The number of unbranched alkanes of at least 4 members (excludes halogenated alkanes) is 1. The number of likely N-dealkylation sites (N-methyl/N-ethyl adjacent to an activating group) is 1. The van der Waals surface area contributed by atoms with Crippen LogP contribution in [0.25, 0.3) is 0 Å². The van der Waals surface area contributed by atoms with E-state index in [4.69, 9.17) is 14.6 Å². The fraction of sp³-hybridized carbons (Fsp3) is 0.818. The lowest BCUT2D eigenvalue weighted by molar-refractivity contribution is -0.146. The first-order valence-electron chi connectivity index (χ1n) is 16.6. The van der Waals surface area contributed by atoms with Gasteiger partial charge in [0, 0.05) is 24.9 Å². The van der Waals surface area contributed by atoms with E-state index in [9.17, 15) is 33.9 Å². The zero-order valence-electron chi connectivity index (χ0n) is 30.4. The van der Waals surface area contributed by atoms with Crippen LogP contribution >= 0.6 is 8.58 Å². The van der Waals surface area contributed by atoms with Crippen LogP contribution in [0.3, 0.4) is 0 Å². The van der Waals surface area contributed by atoms with E-state index in [0.717, 1.165) is 19.3 Å². The largest absolute Gasteiger partial charge is 0.481 e. The first-order valence-corrected chi connectivity index (χ1v) is 18.1. The molecule has 0 fully saturated rings. The molecule has 0 aliphatic heterocycles. The van der Waals surface area contributed by atoms with E-state index >= 15 is 0 Å². The maximum absolute atomic E-state index is 12.7. The average molecular weight is 705 g/mol. The van der Waals surface area contributed by atoms with Gasteiger partial charge in [0.25, 0.3) is 0 Å². The maximum Gasteiger partial charge on any atom is 0.326 e. The third-order valence-electron chi connectivity index (χ3n) is 7.97. The van der Waals surface area contributed by atoms with E-state index < -0.39 is 52.3 Å². The fourth-order valence-electron chi connectivity index (χ4n) is 4.87. The number of nitrogens with one attached hydrogen (secondary N) is 4. The van der Waals surface area contributed by atoms with Gasteiger partial charge in [-0.25, -0.2) is 4.79 Å². The number of rotatable bonds is 27. The molecule has 0 spiro atoms. The number of hydrogen-bond acceptors (Lipinski definition) is 9. The highest BCUT2D eigenvalue weighted by Gasteiger charge is 2.34. The number of carboxylic acid groups (broad SMARTS) is 2. The van der Waals surface area contributed by atoms with Crippen molar-refractivity contribution in [3.63, 3.8) is 0 Å². The van der Waals surface area contributed by atoms with Gasteiger partial charge >= 0.3 is 11.9 Å². The van der Waals surface area contributed by atoms with E-state index in [0.29, 0.717) is 19.6 Å². The van der Waals surface area contributed by atoms with Gasteiger partial charge in [0.1, 0.15) is 6.04 Å². The Morgan fingerprint density at radius 2 is 1.38 bits per heavy atom. The van der Waals surface area contributed by atoms with E-state index in [1.165, 1.54) is 6.92 Å². The first kappa shape index (κ1) is 45.3. The zero-order valence-corrected chi connectivity index (χ0v) is 31.4. The first-order chi connectivity index (χ1) is 22.2. The van der Waals surface area contributed by atoms with Crippen molar-refractivity contribution < 1.29 is 48.5 Å². The third kappa shape index (κ3) is 20.0. The van der Waals surface area contributed by atoms with Gasteiger partial charge in [0.2, 0.25) is 17.7 Å². The second-order valence-electron chi connectivity index (χ2n) is 14.0. The zero-order chi connectivity index (χ0) is 37.1.